The van der Waals surface area contributed by atoms with Crippen molar-refractivity contribution in [1.29, 1.82) is 0 Å². The zero-order valence-corrected chi connectivity index (χ0v) is 25.3. The van der Waals surface area contributed by atoms with Crippen molar-refractivity contribution in [2.24, 2.45) is 0 Å². The summed E-state index contributed by atoms with van der Waals surface area (Å²) in [6.07, 6.45) is 0. The van der Waals surface area contributed by atoms with Crippen molar-refractivity contribution in [3.8, 4) is 39.9 Å². The second-order valence-corrected chi connectivity index (χ2v) is 13.1. The van der Waals surface area contributed by atoms with Gasteiger partial charge in [0, 0.05) is 0 Å². The van der Waals surface area contributed by atoms with Gasteiger partial charge in [-0.3, -0.25) is 0 Å². The summed E-state index contributed by atoms with van der Waals surface area (Å²) in [5, 5.41) is 5.29. The molecule has 0 spiro atoms. The number of fused-ring (bicyclic) bond motifs is 7. The maximum absolute atomic E-state index is 4.94. The summed E-state index contributed by atoms with van der Waals surface area (Å²) in [6, 6.07) is 51.1. The van der Waals surface area contributed by atoms with E-state index in [0.29, 0.717) is 32.0 Å². The number of aromatic nitrogens is 4. The first-order chi connectivity index (χ1) is 21.8. The molecule has 3 aromatic heterocycles. The summed E-state index contributed by atoms with van der Waals surface area (Å²) in [7, 11) is 0. The van der Waals surface area contributed by atoms with Gasteiger partial charge in [0.05, 0.1) is 0 Å². The Kier molecular flexibility index (Phi) is 5.80. The maximum Gasteiger partial charge on any atom is -0.0512 e. The van der Waals surface area contributed by atoms with E-state index < -0.39 is 0 Å². The largest absolute Gasteiger partial charge is 0.0615 e. The molecule has 0 aliphatic carbocycles. The van der Waals surface area contributed by atoms with Crippen LogP contribution in [0.4, 0.5) is 0 Å². The average Bonchev–Trinajstić information content (AvgIpc) is 3.65. The van der Waals surface area contributed by atoms with E-state index in [0.717, 1.165) is 22.4 Å². The van der Waals surface area contributed by atoms with Crippen LogP contribution >= 0.6 is 0 Å². The summed E-state index contributed by atoms with van der Waals surface area (Å²) in [5.74, 6) is 1.98. The molecule has 0 saturated heterocycles. The Morgan fingerprint density at radius 1 is 0.409 bits per heavy atom. The van der Waals surface area contributed by atoms with Crippen molar-refractivity contribution >= 4 is 55.6 Å². The molecule has 44 heavy (non-hydrogen) atoms. The summed E-state index contributed by atoms with van der Waals surface area (Å²) in [5.41, 5.74) is 6.48. The molecule has 0 saturated carbocycles. The quantitative estimate of drug-likeness (QED) is 0.183. The minimum atomic E-state index is 0.302. The van der Waals surface area contributed by atoms with E-state index in [4.69, 9.17) is 15.0 Å². The third-order valence-corrected chi connectivity index (χ3v) is 10.6. The van der Waals surface area contributed by atoms with E-state index >= 15 is 0 Å². The Morgan fingerprint density at radius 2 is 0.955 bits per heavy atom. The van der Waals surface area contributed by atoms with Crippen LogP contribution in [0.25, 0.3) is 80.9 Å². The third-order valence-electron chi connectivity index (χ3n) is 8.26. The van der Waals surface area contributed by atoms with Gasteiger partial charge in [0.2, 0.25) is 0 Å². The Hall–Kier alpha value is -5.35. The van der Waals surface area contributed by atoms with Gasteiger partial charge in [-0.25, -0.2) is 0 Å². The number of nitrogens with zero attached hydrogens (tertiary/aromatic N) is 4. The van der Waals surface area contributed by atoms with Crippen molar-refractivity contribution in [3.05, 3.63) is 146 Å². The molecule has 0 radical (unpaired) electrons. The molecule has 5 heteroatoms. The predicted molar refractivity (Wildman–Crippen MR) is 182 cm³/mol. The number of hydrogen-bond acceptors (Lipinski definition) is 3. The van der Waals surface area contributed by atoms with E-state index in [-0.39, 0.29) is 0 Å². The topological polar surface area (TPSA) is 43.6 Å². The van der Waals surface area contributed by atoms with Gasteiger partial charge in [0.25, 0.3) is 0 Å². The number of hydrogen-bond donors (Lipinski definition) is 0. The molecule has 0 aliphatic heterocycles. The van der Waals surface area contributed by atoms with Gasteiger partial charge in [0.15, 0.2) is 0 Å². The van der Waals surface area contributed by atoms with Crippen LogP contribution in [-0.2, 0) is 0 Å². The van der Waals surface area contributed by atoms with Crippen LogP contribution in [0.5, 0.6) is 0 Å². The minimum absolute atomic E-state index is 0.302. The van der Waals surface area contributed by atoms with E-state index in [1.54, 1.807) is 0 Å². The molecule has 0 unspecified atom stereocenters. The second kappa shape index (κ2) is 10.1. The number of rotatable bonds is 4. The van der Waals surface area contributed by atoms with Gasteiger partial charge >= 0.3 is 200 Å². The fraction of sp³-hybridized carbons (Fsp3) is 0. The van der Waals surface area contributed by atoms with Crippen LogP contribution in [0.1, 0.15) is 0 Å². The molecule has 0 atom stereocenters. The van der Waals surface area contributed by atoms with Gasteiger partial charge in [-0.15, -0.1) is 0 Å². The van der Waals surface area contributed by atoms with Gasteiger partial charge in [-0.05, 0) is 0 Å². The monoisotopic (exact) mass is 628 g/mol. The molecule has 0 N–H and O–H groups in total. The predicted octanol–water partition coefficient (Wildman–Crippen LogP) is 9.33. The standard InChI is InChI=1S/C39H24N4Se/c1-3-11-25(12-4-1)37-40-38(26-13-5-2-6-14-26)42-39(41-37)27-19-21-28(22-20-27)43-32-17-9-7-15-29(32)30-23-24-34-35(36(30)43)31-16-8-10-18-33(31)44-34/h1-24H. The van der Waals surface area contributed by atoms with Crippen LogP contribution in [0.2, 0.25) is 0 Å². The second-order valence-electron chi connectivity index (χ2n) is 10.9. The fourth-order valence-corrected chi connectivity index (χ4v) is 8.56. The first kappa shape index (κ1) is 25.2. The molecule has 0 amide bonds. The van der Waals surface area contributed by atoms with Gasteiger partial charge in [-0.1, -0.05) is 60.7 Å². The number of para-hydroxylation sites is 1. The van der Waals surface area contributed by atoms with E-state index in [1.807, 2.05) is 60.7 Å². The molecular weight excluding hydrogens is 603 g/mol. The van der Waals surface area contributed by atoms with Crippen LogP contribution in [0.15, 0.2) is 146 Å². The molecule has 9 aromatic rings. The smallest absolute Gasteiger partial charge is 0.0512 e. The first-order valence-electron chi connectivity index (χ1n) is 14.6. The minimum Gasteiger partial charge on any atom is -0.0615 e. The van der Waals surface area contributed by atoms with Crippen LogP contribution in [0, 0.1) is 0 Å². The zero-order valence-electron chi connectivity index (χ0n) is 23.6. The van der Waals surface area contributed by atoms with Gasteiger partial charge in [0.1, 0.15) is 0 Å². The summed E-state index contributed by atoms with van der Waals surface area (Å²) < 4.78 is 5.33. The molecule has 6 aromatic carbocycles. The van der Waals surface area contributed by atoms with E-state index in [1.165, 1.54) is 41.1 Å². The third kappa shape index (κ3) is 4.02. The van der Waals surface area contributed by atoms with E-state index in [2.05, 4.69) is 89.5 Å². The Balaban J connectivity index is 1.25. The van der Waals surface area contributed by atoms with Gasteiger partial charge in [-0.2, -0.15) is 0 Å². The molecule has 206 valence electrons. The fourth-order valence-electron chi connectivity index (χ4n) is 6.23. The van der Waals surface area contributed by atoms with E-state index in [9.17, 15) is 0 Å². The Morgan fingerprint density at radius 3 is 1.61 bits per heavy atom. The maximum atomic E-state index is 4.94. The summed E-state index contributed by atoms with van der Waals surface area (Å²) >= 11 is 0.302. The summed E-state index contributed by atoms with van der Waals surface area (Å²) in [4.78, 5) is 14.7. The van der Waals surface area contributed by atoms with Crippen LogP contribution in [0.3, 0.4) is 0 Å². The molecule has 3 heterocycles. The Labute approximate surface area is 259 Å². The van der Waals surface area contributed by atoms with Crippen LogP contribution < -0.4 is 0 Å². The SMILES string of the molecule is c1ccc(-c2nc(-c3ccccc3)nc(-c3ccc(-n4c5ccccc5c5ccc6[se]c7ccccc7c6c54)cc3)n2)cc1. The Bertz CT molecular complexity index is 2420. The van der Waals surface area contributed by atoms with Crippen molar-refractivity contribution in [2.45, 2.75) is 0 Å². The molecule has 4 nitrogen and oxygen atoms in total. The number of benzene rings is 6. The van der Waals surface area contributed by atoms with Crippen molar-refractivity contribution in [2.75, 3.05) is 0 Å². The first-order valence-corrected chi connectivity index (χ1v) is 16.3. The molecular formula is C39H24N4Se. The molecule has 0 aliphatic rings. The van der Waals surface area contributed by atoms with Crippen molar-refractivity contribution in [1.82, 2.24) is 19.5 Å². The van der Waals surface area contributed by atoms with Gasteiger partial charge < -0.3 is 0 Å². The summed E-state index contributed by atoms with van der Waals surface area (Å²) in [6.45, 7) is 0. The van der Waals surface area contributed by atoms with Crippen molar-refractivity contribution < 1.29 is 0 Å². The normalized spacial score (nSPS) is 11.6. The van der Waals surface area contributed by atoms with Crippen molar-refractivity contribution in [3.63, 3.8) is 0 Å². The zero-order chi connectivity index (χ0) is 29.0. The molecule has 9 rings (SSSR count). The molecule has 0 bridgehead atoms. The average molecular weight is 628 g/mol. The van der Waals surface area contributed by atoms with Crippen LogP contribution in [-0.4, -0.2) is 34.0 Å². The molecule has 0 fully saturated rings.